The van der Waals surface area contributed by atoms with Gasteiger partial charge in [0.25, 0.3) is 0 Å². The Labute approximate surface area is 119 Å². The van der Waals surface area contributed by atoms with Crippen LogP contribution in [0.5, 0.6) is 0 Å². The molecule has 0 unspecified atom stereocenters. The first-order valence-corrected chi connectivity index (χ1v) is 6.58. The average molecular weight is 269 g/mol. The standard InChI is InChI=1S/C17H19NO2/c1-12-6-4-5-7-16(12)18(3)11-15-9-8-14(17(19)20)10-13(15)2/h4-10H,11H2,1-3H3,(H,19,20). The lowest BCUT2D eigenvalue weighted by atomic mass is 10.0. The minimum absolute atomic E-state index is 0.338. The number of hydrogen-bond donors (Lipinski definition) is 1. The van der Waals surface area contributed by atoms with Crippen LogP contribution in [-0.2, 0) is 6.54 Å². The highest BCUT2D eigenvalue weighted by Crippen LogP contribution is 2.21. The number of aromatic carboxylic acids is 1. The molecule has 0 spiro atoms. The quantitative estimate of drug-likeness (QED) is 0.921. The van der Waals surface area contributed by atoms with E-state index in [1.807, 2.05) is 32.2 Å². The lowest BCUT2D eigenvalue weighted by Gasteiger charge is -2.22. The number of carbonyl (C=O) groups is 1. The maximum Gasteiger partial charge on any atom is 0.335 e. The summed E-state index contributed by atoms with van der Waals surface area (Å²) in [5.74, 6) is -0.882. The molecular formula is C17H19NO2. The Bertz CT molecular complexity index is 635. The lowest BCUT2D eigenvalue weighted by Crippen LogP contribution is -2.18. The second kappa shape index (κ2) is 5.78. The molecule has 20 heavy (non-hydrogen) atoms. The van der Waals surface area contributed by atoms with Crippen molar-refractivity contribution in [1.29, 1.82) is 0 Å². The maximum absolute atomic E-state index is 10.9. The zero-order valence-electron chi connectivity index (χ0n) is 12.1. The molecule has 0 aliphatic carbocycles. The van der Waals surface area contributed by atoms with Crippen LogP contribution in [0.1, 0.15) is 27.0 Å². The largest absolute Gasteiger partial charge is 0.478 e. The van der Waals surface area contributed by atoms with Crippen molar-refractivity contribution in [3.8, 4) is 0 Å². The topological polar surface area (TPSA) is 40.5 Å². The van der Waals surface area contributed by atoms with Crippen molar-refractivity contribution in [2.24, 2.45) is 0 Å². The van der Waals surface area contributed by atoms with Crippen molar-refractivity contribution in [3.05, 3.63) is 64.7 Å². The Morgan fingerprint density at radius 2 is 1.80 bits per heavy atom. The van der Waals surface area contributed by atoms with Crippen LogP contribution < -0.4 is 4.90 Å². The Hall–Kier alpha value is -2.29. The summed E-state index contributed by atoms with van der Waals surface area (Å²) in [4.78, 5) is 13.1. The fourth-order valence-corrected chi connectivity index (χ4v) is 2.34. The zero-order chi connectivity index (χ0) is 14.7. The van der Waals surface area contributed by atoms with Crippen LogP contribution in [0.2, 0.25) is 0 Å². The van der Waals surface area contributed by atoms with Gasteiger partial charge in [-0.3, -0.25) is 0 Å². The van der Waals surface area contributed by atoms with E-state index < -0.39 is 5.97 Å². The highest BCUT2D eigenvalue weighted by Gasteiger charge is 2.09. The van der Waals surface area contributed by atoms with Gasteiger partial charge >= 0.3 is 5.97 Å². The number of aryl methyl sites for hydroxylation is 2. The van der Waals surface area contributed by atoms with Gasteiger partial charge < -0.3 is 10.0 Å². The number of nitrogens with zero attached hydrogens (tertiary/aromatic N) is 1. The molecule has 0 saturated heterocycles. The van der Waals surface area contributed by atoms with Gasteiger partial charge in [-0.1, -0.05) is 24.3 Å². The third kappa shape index (κ3) is 2.99. The van der Waals surface area contributed by atoms with E-state index in [0.29, 0.717) is 5.56 Å². The molecular weight excluding hydrogens is 250 g/mol. The number of rotatable bonds is 4. The predicted octanol–water partition coefficient (Wildman–Crippen LogP) is 3.64. The smallest absolute Gasteiger partial charge is 0.335 e. The van der Waals surface area contributed by atoms with E-state index in [0.717, 1.165) is 17.7 Å². The Kier molecular flexibility index (Phi) is 4.08. The van der Waals surface area contributed by atoms with Crippen molar-refractivity contribution in [1.82, 2.24) is 0 Å². The summed E-state index contributed by atoms with van der Waals surface area (Å²) in [6.07, 6.45) is 0. The molecule has 104 valence electrons. The van der Waals surface area contributed by atoms with Crippen LogP contribution in [0.15, 0.2) is 42.5 Å². The number of benzene rings is 2. The van der Waals surface area contributed by atoms with Crippen LogP contribution in [0.4, 0.5) is 5.69 Å². The molecule has 0 atom stereocenters. The molecule has 0 fully saturated rings. The first-order chi connectivity index (χ1) is 9.49. The van der Waals surface area contributed by atoms with Crippen molar-refractivity contribution < 1.29 is 9.90 Å². The summed E-state index contributed by atoms with van der Waals surface area (Å²) in [6, 6.07) is 13.5. The van der Waals surface area contributed by atoms with Crippen LogP contribution in [0, 0.1) is 13.8 Å². The van der Waals surface area contributed by atoms with Crippen LogP contribution in [0.3, 0.4) is 0 Å². The first kappa shape index (κ1) is 14.1. The number of carboxylic acid groups (broad SMARTS) is 1. The van der Waals surface area contributed by atoms with Gasteiger partial charge in [0.05, 0.1) is 5.56 Å². The van der Waals surface area contributed by atoms with Crippen LogP contribution in [-0.4, -0.2) is 18.1 Å². The number of hydrogen-bond acceptors (Lipinski definition) is 2. The van der Waals surface area contributed by atoms with Gasteiger partial charge in [-0.15, -0.1) is 0 Å². The Morgan fingerprint density at radius 1 is 1.10 bits per heavy atom. The van der Waals surface area contributed by atoms with Gasteiger partial charge in [0.1, 0.15) is 0 Å². The molecule has 0 aliphatic rings. The molecule has 0 amide bonds. The molecule has 3 nitrogen and oxygen atoms in total. The molecule has 0 aromatic heterocycles. The highest BCUT2D eigenvalue weighted by molar-refractivity contribution is 5.87. The van der Waals surface area contributed by atoms with Gasteiger partial charge in [-0.25, -0.2) is 4.79 Å². The van der Waals surface area contributed by atoms with E-state index in [1.165, 1.54) is 11.3 Å². The molecule has 0 radical (unpaired) electrons. The molecule has 0 aliphatic heterocycles. The molecule has 0 heterocycles. The minimum atomic E-state index is -0.882. The van der Waals surface area contributed by atoms with Crippen molar-refractivity contribution in [2.75, 3.05) is 11.9 Å². The lowest BCUT2D eigenvalue weighted by molar-refractivity contribution is 0.0697. The number of para-hydroxylation sites is 1. The van der Waals surface area contributed by atoms with Crippen molar-refractivity contribution in [3.63, 3.8) is 0 Å². The van der Waals surface area contributed by atoms with Crippen LogP contribution >= 0.6 is 0 Å². The molecule has 2 rings (SSSR count). The number of carboxylic acids is 1. The van der Waals surface area contributed by atoms with E-state index in [1.54, 1.807) is 12.1 Å². The summed E-state index contributed by atoms with van der Waals surface area (Å²) in [5, 5.41) is 8.99. The molecule has 2 aromatic rings. The summed E-state index contributed by atoms with van der Waals surface area (Å²) in [7, 11) is 2.05. The van der Waals surface area contributed by atoms with E-state index >= 15 is 0 Å². The van der Waals surface area contributed by atoms with Gasteiger partial charge in [-0.2, -0.15) is 0 Å². The van der Waals surface area contributed by atoms with Crippen molar-refractivity contribution in [2.45, 2.75) is 20.4 Å². The fraction of sp³-hybridized carbons (Fsp3) is 0.235. The maximum atomic E-state index is 10.9. The third-order valence-electron chi connectivity index (χ3n) is 3.52. The fourth-order valence-electron chi connectivity index (χ4n) is 2.34. The van der Waals surface area contributed by atoms with Crippen molar-refractivity contribution >= 4 is 11.7 Å². The van der Waals surface area contributed by atoms with Gasteiger partial charge in [-0.05, 0) is 48.7 Å². The normalized spacial score (nSPS) is 10.3. The monoisotopic (exact) mass is 269 g/mol. The van der Waals surface area contributed by atoms with Gasteiger partial charge in [0.2, 0.25) is 0 Å². The van der Waals surface area contributed by atoms with Gasteiger partial charge in [0, 0.05) is 19.3 Å². The first-order valence-electron chi connectivity index (χ1n) is 6.58. The SMILES string of the molecule is Cc1cc(C(=O)O)ccc1CN(C)c1ccccc1C. The second-order valence-electron chi connectivity index (χ2n) is 5.09. The Morgan fingerprint density at radius 3 is 2.40 bits per heavy atom. The summed E-state index contributed by atoms with van der Waals surface area (Å²) < 4.78 is 0. The second-order valence-corrected chi connectivity index (χ2v) is 5.09. The third-order valence-corrected chi connectivity index (χ3v) is 3.52. The minimum Gasteiger partial charge on any atom is -0.478 e. The average Bonchev–Trinajstić information content (AvgIpc) is 2.41. The molecule has 1 N–H and O–H groups in total. The summed E-state index contributed by atoms with van der Waals surface area (Å²) >= 11 is 0. The van der Waals surface area contributed by atoms with Gasteiger partial charge in [0.15, 0.2) is 0 Å². The summed E-state index contributed by atoms with van der Waals surface area (Å²) in [5.41, 5.74) is 4.90. The van der Waals surface area contributed by atoms with E-state index in [9.17, 15) is 4.79 Å². The van der Waals surface area contributed by atoms with E-state index in [4.69, 9.17) is 5.11 Å². The predicted molar refractivity (Wildman–Crippen MR) is 81.4 cm³/mol. The Balaban J connectivity index is 2.22. The van der Waals surface area contributed by atoms with Crippen LogP contribution in [0.25, 0.3) is 0 Å². The molecule has 2 aromatic carbocycles. The zero-order valence-corrected chi connectivity index (χ0v) is 12.1. The summed E-state index contributed by atoms with van der Waals surface area (Å²) in [6.45, 7) is 4.80. The molecule has 0 bridgehead atoms. The van der Waals surface area contributed by atoms with E-state index in [-0.39, 0.29) is 0 Å². The molecule has 3 heteroatoms. The highest BCUT2D eigenvalue weighted by atomic mass is 16.4. The molecule has 0 saturated carbocycles. The van der Waals surface area contributed by atoms with E-state index in [2.05, 4.69) is 24.0 Å². The number of anilines is 1.